The number of rotatable bonds is 3. The van der Waals surface area contributed by atoms with Crippen molar-refractivity contribution >= 4 is 34.0 Å². The molecule has 0 saturated heterocycles. The Hall–Kier alpha value is -0.0200. The summed E-state index contributed by atoms with van der Waals surface area (Å²) >= 11 is 4.28. The third kappa shape index (κ3) is 4.15. The summed E-state index contributed by atoms with van der Waals surface area (Å²) in [6, 6.07) is 0. The fourth-order valence-corrected chi connectivity index (χ4v) is 1.12. The van der Waals surface area contributed by atoms with E-state index in [0.717, 1.165) is 0 Å². The zero-order chi connectivity index (χ0) is 6.57. The summed E-state index contributed by atoms with van der Waals surface area (Å²) < 4.78 is 0.703. The number of aldehydes is 1. The van der Waals surface area contributed by atoms with Gasteiger partial charge in [-0.3, -0.25) is 4.79 Å². The highest BCUT2D eigenvalue weighted by Gasteiger charge is 1.90. The number of thioether (sulfide) groups is 1. The summed E-state index contributed by atoms with van der Waals surface area (Å²) in [5, 5.41) is 0. The predicted octanol–water partition coefficient (Wildman–Crippen LogP) is 2.30. The van der Waals surface area contributed by atoms with Crippen LogP contribution in [0.4, 0.5) is 0 Å². The molecule has 0 amide bonds. The number of allylic oxidation sites excluding steroid dienone is 1. The molecule has 44 valence electrons. The highest BCUT2D eigenvalue weighted by atomic mass is 79.9. The maximum absolute atomic E-state index is 9.86. The standard InChI is InChI=1S/C5H5BrOS/c1-4(3-7)8-5(2)6/h3H,1-2H2. The molecule has 0 N–H and O–H groups in total. The maximum atomic E-state index is 9.86. The summed E-state index contributed by atoms with van der Waals surface area (Å²) in [6.45, 7) is 6.92. The van der Waals surface area contributed by atoms with Crippen LogP contribution >= 0.6 is 27.7 Å². The van der Waals surface area contributed by atoms with Crippen LogP contribution in [0, 0.1) is 0 Å². The molecule has 0 aromatic rings. The molecule has 0 aromatic carbocycles. The number of carbonyl (C=O) groups is 1. The zero-order valence-electron chi connectivity index (χ0n) is 4.19. The van der Waals surface area contributed by atoms with Crippen LogP contribution in [0.15, 0.2) is 21.9 Å². The second kappa shape index (κ2) is 3.92. The number of halogens is 1. The van der Waals surface area contributed by atoms with Gasteiger partial charge in [-0.05, 0) is 15.9 Å². The van der Waals surface area contributed by atoms with E-state index in [0.29, 0.717) is 15.0 Å². The Morgan fingerprint density at radius 2 is 2.12 bits per heavy atom. The summed E-state index contributed by atoms with van der Waals surface area (Å²) in [5.74, 6) is 0. The first kappa shape index (κ1) is 7.98. The van der Waals surface area contributed by atoms with E-state index in [-0.39, 0.29) is 0 Å². The van der Waals surface area contributed by atoms with E-state index in [1.54, 1.807) is 0 Å². The van der Waals surface area contributed by atoms with Crippen LogP contribution in [0.2, 0.25) is 0 Å². The maximum Gasteiger partial charge on any atom is 0.156 e. The lowest BCUT2D eigenvalue weighted by molar-refractivity contribution is -0.104. The van der Waals surface area contributed by atoms with E-state index in [1.807, 2.05) is 0 Å². The van der Waals surface area contributed by atoms with Crippen molar-refractivity contribution in [3.63, 3.8) is 0 Å². The van der Waals surface area contributed by atoms with Crippen LogP contribution in [0.3, 0.4) is 0 Å². The summed E-state index contributed by atoms with van der Waals surface area (Å²) in [5.41, 5.74) is 0. The van der Waals surface area contributed by atoms with Crippen molar-refractivity contribution in [2.24, 2.45) is 0 Å². The average molecular weight is 193 g/mol. The Bertz CT molecular complexity index is 130. The van der Waals surface area contributed by atoms with Gasteiger partial charge in [0.05, 0.1) is 0 Å². The van der Waals surface area contributed by atoms with Crippen LogP contribution in [0.5, 0.6) is 0 Å². The van der Waals surface area contributed by atoms with Gasteiger partial charge in [0.2, 0.25) is 0 Å². The number of hydrogen-bond donors (Lipinski definition) is 0. The Balaban J connectivity index is 3.55. The largest absolute Gasteiger partial charge is 0.297 e. The van der Waals surface area contributed by atoms with Gasteiger partial charge in [0.1, 0.15) is 0 Å². The predicted molar refractivity (Wildman–Crippen MR) is 40.9 cm³/mol. The van der Waals surface area contributed by atoms with E-state index >= 15 is 0 Å². The van der Waals surface area contributed by atoms with Gasteiger partial charge in [0, 0.05) is 8.72 Å². The normalized spacial score (nSPS) is 8.12. The van der Waals surface area contributed by atoms with Crippen molar-refractivity contribution in [1.82, 2.24) is 0 Å². The van der Waals surface area contributed by atoms with Gasteiger partial charge in [-0.15, -0.1) is 0 Å². The van der Waals surface area contributed by atoms with Gasteiger partial charge < -0.3 is 0 Å². The summed E-state index contributed by atoms with van der Waals surface area (Å²) in [4.78, 5) is 10.3. The molecule has 0 saturated carbocycles. The molecule has 0 radical (unpaired) electrons. The van der Waals surface area contributed by atoms with Gasteiger partial charge in [0.15, 0.2) is 6.29 Å². The van der Waals surface area contributed by atoms with Gasteiger partial charge >= 0.3 is 0 Å². The highest BCUT2D eigenvalue weighted by Crippen LogP contribution is 2.24. The molecule has 0 fully saturated rings. The van der Waals surface area contributed by atoms with E-state index in [4.69, 9.17) is 0 Å². The molecular weight excluding hydrogens is 188 g/mol. The van der Waals surface area contributed by atoms with E-state index < -0.39 is 0 Å². The molecule has 0 bridgehead atoms. The lowest BCUT2D eigenvalue weighted by atomic mass is 10.7. The Kier molecular flexibility index (Phi) is 3.91. The summed E-state index contributed by atoms with van der Waals surface area (Å²) in [7, 11) is 0. The van der Waals surface area contributed by atoms with Crippen molar-refractivity contribution in [2.45, 2.75) is 0 Å². The van der Waals surface area contributed by atoms with Crippen LogP contribution < -0.4 is 0 Å². The molecular formula is C5H5BrOS. The molecule has 0 spiro atoms. The van der Waals surface area contributed by atoms with Crippen LogP contribution in [0.1, 0.15) is 0 Å². The van der Waals surface area contributed by atoms with Gasteiger partial charge in [-0.2, -0.15) is 0 Å². The third-order valence-corrected chi connectivity index (χ3v) is 1.44. The third-order valence-electron chi connectivity index (χ3n) is 0.373. The van der Waals surface area contributed by atoms with E-state index in [1.165, 1.54) is 11.8 Å². The van der Waals surface area contributed by atoms with Crippen molar-refractivity contribution in [3.8, 4) is 0 Å². The van der Waals surface area contributed by atoms with Crippen molar-refractivity contribution in [2.75, 3.05) is 0 Å². The summed E-state index contributed by atoms with van der Waals surface area (Å²) in [6.07, 6.45) is 0.692. The molecule has 3 heteroatoms. The molecule has 0 unspecified atom stereocenters. The highest BCUT2D eigenvalue weighted by molar-refractivity contribution is 9.14. The van der Waals surface area contributed by atoms with Gasteiger partial charge in [-0.1, -0.05) is 24.9 Å². The second-order valence-electron chi connectivity index (χ2n) is 1.04. The molecule has 0 aliphatic carbocycles. The minimum Gasteiger partial charge on any atom is -0.297 e. The molecule has 0 rings (SSSR count). The first-order valence-electron chi connectivity index (χ1n) is 1.83. The smallest absolute Gasteiger partial charge is 0.156 e. The first-order chi connectivity index (χ1) is 3.66. The Morgan fingerprint density at radius 1 is 1.62 bits per heavy atom. The molecule has 0 aromatic heterocycles. The molecule has 0 aliphatic heterocycles. The number of carbonyl (C=O) groups excluding carboxylic acids is 1. The lowest BCUT2D eigenvalue weighted by Gasteiger charge is -1.89. The lowest BCUT2D eigenvalue weighted by Crippen LogP contribution is -1.69. The van der Waals surface area contributed by atoms with Crippen LogP contribution in [-0.2, 0) is 4.79 Å². The van der Waals surface area contributed by atoms with E-state index in [2.05, 4.69) is 29.1 Å². The van der Waals surface area contributed by atoms with Crippen molar-refractivity contribution < 1.29 is 4.79 Å². The molecule has 0 atom stereocenters. The fraction of sp³-hybridized carbons (Fsp3) is 0. The molecule has 8 heavy (non-hydrogen) atoms. The molecule has 0 heterocycles. The topological polar surface area (TPSA) is 17.1 Å². The van der Waals surface area contributed by atoms with Gasteiger partial charge in [-0.25, -0.2) is 0 Å². The van der Waals surface area contributed by atoms with E-state index in [9.17, 15) is 4.79 Å². The van der Waals surface area contributed by atoms with Crippen LogP contribution in [-0.4, -0.2) is 6.29 Å². The SMILES string of the molecule is C=C(Br)SC(=C)C=O. The quantitative estimate of drug-likeness (QED) is 0.505. The van der Waals surface area contributed by atoms with Crippen molar-refractivity contribution in [1.29, 1.82) is 0 Å². The van der Waals surface area contributed by atoms with Crippen LogP contribution in [0.25, 0.3) is 0 Å². The van der Waals surface area contributed by atoms with Crippen molar-refractivity contribution in [3.05, 3.63) is 21.9 Å². The minimum absolute atomic E-state index is 0.465. The average Bonchev–Trinajstić information content (AvgIpc) is 1.65. The Labute approximate surface area is 61.0 Å². The zero-order valence-corrected chi connectivity index (χ0v) is 6.59. The first-order valence-corrected chi connectivity index (χ1v) is 3.44. The monoisotopic (exact) mass is 192 g/mol. The fourth-order valence-electron chi connectivity index (χ4n) is 0.166. The number of hydrogen-bond acceptors (Lipinski definition) is 2. The molecule has 1 nitrogen and oxygen atoms in total. The minimum atomic E-state index is 0.465. The Morgan fingerprint density at radius 3 is 2.25 bits per heavy atom. The van der Waals surface area contributed by atoms with Gasteiger partial charge in [0.25, 0.3) is 0 Å². The molecule has 0 aliphatic rings. The second-order valence-corrected chi connectivity index (χ2v) is 3.74.